The topological polar surface area (TPSA) is 120 Å². The first-order valence-electron chi connectivity index (χ1n) is 9.67. The molecule has 2 aromatic carbocycles. The van der Waals surface area contributed by atoms with Gasteiger partial charge >= 0.3 is 0 Å². The monoisotopic (exact) mass is 442 g/mol. The maximum Gasteiger partial charge on any atom is 0.265 e. The van der Waals surface area contributed by atoms with Crippen LogP contribution in [-0.4, -0.2) is 50.8 Å². The van der Waals surface area contributed by atoms with Gasteiger partial charge in [-0.25, -0.2) is 8.42 Å². The summed E-state index contributed by atoms with van der Waals surface area (Å²) in [5.41, 5.74) is 1.02. The molecule has 0 aromatic heterocycles. The van der Waals surface area contributed by atoms with Crippen LogP contribution in [0.3, 0.4) is 0 Å². The molecule has 0 saturated heterocycles. The van der Waals surface area contributed by atoms with Crippen molar-refractivity contribution < 1.29 is 22.7 Å². The lowest BCUT2D eigenvalue weighted by molar-refractivity contribution is -0.123. The summed E-state index contributed by atoms with van der Waals surface area (Å²) in [6, 6.07) is 12.6. The number of ether oxygens (including phenoxy) is 1. The van der Waals surface area contributed by atoms with Gasteiger partial charge in [0.2, 0.25) is 15.9 Å². The molecule has 2 aromatic rings. The second-order valence-electron chi connectivity index (χ2n) is 6.73. The molecule has 0 radical (unpaired) electrons. The summed E-state index contributed by atoms with van der Waals surface area (Å²) < 4.78 is 32.5. The van der Waals surface area contributed by atoms with Crippen LogP contribution in [0, 0.1) is 11.3 Å². The van der Waals surface area contributed by atoms with Gasteiger partial charge < -0.3 is 10.1 Å². The largest absolute Gasteiger partial charge is 0.482 e. The number of nitrogens with one attached hydrogen (secondary N) is 1. The predicted octanol–water partition coefficient (Wildman–Crippen LogP) is 1.95. The molecule has 162 valence electrons. The fourth-order valence-corrected chi connectivity index (χ4v) is 4.72. The minimum Gasteiger partial charge on any atom is -0.482 e. The standard InChI is InChI=1S/C21H22N4O5S/c1-3-24(4-2)31(28,29)17-8-9-19-18(11-17)25(21(27)14-30-19)13-20(26)23-16-7-5-6-15(10-16)12-22/h5-11H,3-4,13-14H2,1-2H3,(H,23,26). The Morgan fingerprint density at radius 2 is 1.97 bits per heavy atom. The van der Waals surface area contributed by atoms with E-state index in [2.05, 4.69) is 5.32 Å². The number of hydrogen-bond acceptors (Lipinski definition) is 6. The van der Waals surface area contributed by atoms with E-state index in [1.165, 1.54) is 33.5 Å². The Kier molecular flexibility index (Phi) is 6.58. The van der Waals surface area contributed by atoms with E-state index in [1.807, 2.05) is 6.07 Å². The SMILES string of the molecule is CCN(CC)S(=O)(=O)c1ccc2c(c1)N(CC(=O)Nc1cccc(C#N)c1)C(=O)CO2. The number of carbonyl (C=O) groups is 2. The zero-order valence-corrected chi connectivity index (χ0v) is 18.0. The molecule has 10 heteroatoms. The summed E-state index contributed by atoms with van der Waals surface area (Å²) in [5, 5.41) is 11.6. The molecule has 0 bridgehead atoms. The quantitative estimate of drug-likeness (QED) is 0.700. The summed E-state index contributed by atoms with van der Waals surface area (Å²) in [6.45, 7) is 3.50. The molecule has 0 spiro atoms. The highest BCUT2D eigenvalue weighted by Gasteiger charge is 2.30. The minimum absolute atomic E-state index is 0.0142. The molecule has 0 fully saturated rings. The van der Waals surface area contributed by atoms with Crippen LogP contribution in [0.4, 0.5) is 11.4 Å². The fourth-order valence-electron chi connectivity index (χ4n) is 3.24. The van der Waals surface area contributed by atoms with E-state index in [9.17, 15) is 18.0 Å². The number of hydrogen-bond donors (Lipinski definition) is 1. The smallest absolute Gasteiger partial charge is 0.265 e. The van der Waals surface area contributed by atoms with Crippen molar-refractivity contribution in [3.05, 3.63) is 48.0 Å². The van der Waals surface area contributed by atoms with E-state index in [0.29, 0.717) is 30.1 Å². The Hall–Kier alpha value is -3.42. The third-order valence-corrected chi connectivity index (χ3v) is 6.84. The summed E-state index contributed by atoms with van der Waals surface area (Å²) >= 11 is 0. The fraction of sp³-hybridized carbons (Fsp3) is 0.286. The molecule has 1 heterocycles. The molecule has 31 heavy (non-hydrogen) atoms. The Morgan fingerprint density at radius 3 is 2.65 bits per heavy atom. The van der Waals surface area contributed by atoms with Crippen LogP contribution >= 0.6 is 0 Å². The van der Waals surface area contributed by atoms with Gasteiger partial charge in [0.15, 0.2) is 6.61 Å². The Balaban J connectivity index is 1.88. The van der Waals surface area contributed by atoms with Gasteiger partial charge in [-0.1, -0.05) is 19.9 Å². The van der Waals surface area contributed by atoms with Crippen LogP contribution in [0.15, 0.2) is 47.4 Å². The first-order valence-corrected chi connectivity index (χ1v) is 11.1. The van der Waals surface area contributed by atoms with Gasteiger partial charge in [0, 0.05) is 18.8 Å². The van der Waals surface area contributed by atoms with Crippen LogP contribution in [0.1, 0.15) is 19.4 Å². The van der Waals surface area contributed by atoms with Crippen molar-refractivity contribution in [2.45, 2.75) is 18.7 Å². The van der Waals surface area contributed by atoms with Crippen LogP contribution in [0.5, 0.6) is 5.75 Å². The molecule has 9 nitrogen and oxygen atoms in total. The van der Waals surface area contributed by atoms with Crippen LogP contribution in [0.25, 0.3) is 0 Å². The van der Waals surface area contributed by atoms with Crippen molar-refractivity contribution in [1.29, 1.82) is 5.26 Å². The highest BCUT2D eigenvalue weighted by Crippen LogP contribution is 2.35. The number of nitrogens with zero attached hydrogens (tertiary/aromatic N) is 3. The lowest BCUT2D eigenvalue weighted by Crippen LogP contribution is -2.43. The van der Waals surface area contributed by atoms with Gasteiger partial charge in [0.25, 0.3) is 5.91 Å². The Morgan fingerprint density at radius 1 is 1.23 bits per heavy atom. The van der Waals surface area contributed by atoms with Crippen molar-refractivity contribution >= 4 is 33.2 Å². The second-order valence-corrected chi connectivity index (χ2v) is 8.67. The van der Waals surface area contributed by atoms with E-state index in [0.717, 1.165) is 0 Å². The molecule has 0 atom stereocenters. The van der Waals surface area contributed by atoms with Crippen molar-refractivity contribution in [3.63, 3.8) is 0 Å². The third kappa shape index (κ3) is 4.68. The number of sulfonamides is 1. The average Bonchev–Trinajstić information content (AvgIpc) is 2.76. The van der Waals surface area contributed by atoms with Gasteiger partial charge in [-0.05, 0) is 36.4 Å². The maximum absolute atomic E-state index is 12.9. The second kappa shape index (κ2) is 9.16. The van der Waals surface area contributed by atoms with E-state index < -0.39 is 21.8 Å². The van der Waals surface area contributed by atoms with Crippen LogP contribution in [-0.2, 0) is 19.6 Å². The first kappa shape index (κ1) is 22.3. The summed E-state index contributed by atoms with van der Waals surface area (Å²) in [4.78, 5) is 26.2. The average molecular weight is 442 g/mol. The number of rotatable bonds is 7. The van der Waals surface area contributed by atoms with Crippen molar-refractivity contribution in [3.8, 4) is 11.8 Å². The van der Waals surface area contributed by atoms with Crippen LogP contribution in [0.2, 0.25) is 0 Å². The van der Waals surface area contributed by atoms with Gasteiger partial charge in [-0.15, -0.1) is 0 Å². The first-order chi connectivity index (χ1) is 14.8. The Bertz CT molecular complexity index is 1150. The number of nitriles is 1. The maximum atomic E-state index is 12.9. The molecule has 1 aliphatic heterocycles. The minimum atomic E-state index is -3.75. The highest BCUT2D eigenvalue weighted by atomic mass is 32.2. The zero-order chi connectivity index (χ0) is 22.6. The van der Waals surface area contributed by atoms with E-state index >= 15 is 0 Å². The normalized spacial score (nSPS) is 13.4. The van der Waals surface area contributed by atoms with E-state index in [1.54, 1.807) is 32.0 Å². The number of carbonyl (C=O) groups excluding carboxylic acids is 2. The zero-order valence-electron chi connectivity index (χ0n) is 17.2. The molecule has 1 N–H and O–H groups in total. The van der Waals surface area contributed by atoms with Crippen molar-refractivity contribution in [1.82, 2.24) is 4.31 Å². The molecule has 3 rings (SSSR count). The van der Waals surface area contributed by atoms with Crippen molar-refractivity contribution in [2.24, 2.45) is 0 Å². The number of benzene rings is 2. The molecular weight excluding hydrogens is 420 g/mol. The predicted molar refractivity (Wildman–Crippen MR) is 114 cm³/mol. The van der Waals surface area contributed by atoms with E-state index in [-0.39, 0.29) is 23.7 Å². The van der Waals surface area contributed by atoms with Crippen molar-refractivity contribution in [2.75, 3.05) is 36.5 Å². The molecule has 2 amide bonds. The molecule has 0 unspecified atom stereocenters. The number of amides is 2. The van der Waals surface area contributed by atoms with E-state index in [4.69, 9.17) is 10.00 Å². The van der Waals surface area contributed by atoms with Gasteiger partial charge in [0.05, 0.1) is 22.2 Å². The summed E-state index contributed by atoms with van der Waals surface area (Å²) in [6.07, 6.45) is 0. The summed E-state index contributed by atoms with van der Waals surface area (Å²) in [5.74, 6) is -0.642. The third-order valence-electron chi connectivity index (χ3n) is 4.79. The number of anilines is 2. The lowest BCUT2D eigenvalue weighted by Gasteiger charge is -2.29. The van der Waals surface area contributed by atoms with Gasteiger partial charge in [0.1, 0.15) is 12.3 Å². The number of fused-ring (bicyclic) bond motifs is 1. The van der Waals surface area contributed by atoms with Gasteiger partial charge in [-0.3, -0.25) is 14.5 Å². The molecule has 0 saturated carbocycles. The van der Waals surface area contributed by atoms with Gasteiger partial charge in [-0.2, -0.15) is 9.57 Å². The highest BCUT2D eigenvalue weighted by molar-refractivity contribution is 7.89. The summed E-state index contributed by atoms with van der Waals surface area (Å²) in [7, 11) is -3.75. The lowest BCUT2D eigenvalue weighted by atomic mass is 10.2. The molecule has 1 aliphatic rings. The van der Waals surface area contributed by atoms with Crippen LogP contribution < -0.4 is 15.0 Å². The Labute approximate surface area is 180 Å². The molecular formula is C21H22N4O5S. The molecule has 0 aliphatic carbocycles.